The third kappa shape index (κ3) is 5.03. The van der Waals surface area contributed by atoms with Crippen LogP contribution >= 0.6 is 0 Å². The summed E-state index contributed by atoms with van der Waals surface area (Å²) in [5, 5.41) is 21.4. The summed E-state index contributed by atoms with van der Waals surface area (Å²) in [6, 6.07) is 7.09. The average Bonchev–Trinajstić information content (AvgIpc) is 3.08. The maximum absolute atomic E-state index is 12.5. The molecule has 1 saturated heterocycles. The van der Waals surface area contributed by atoms with E-state index in [1.54, 1.807) is 6.92 Å². The average molecular weight is 348 g/mol. The minimum atomic E-state index is -1.02. The number of nitrogens with one attached hydrogen (secondary N) is 1. The number of benzene rings is 1. The second kappa shape index (κ2) is 8.62. The summed E-state index contributed by atoms with van der Waals surface area (Å²) in [7, 11) is 0. The van der Waals surface area contributed by atoms with E-state index in [1.807, 2.05) is 30.3 Å². The lowest BCUT2D eigenvalue weighted by atomic mass is 10.0. The molecule has 2 rings (SSSR count). The topological polar surface area (TPSA) is 107 Å². The first-order valence-corrected chi connectivity index (χ1v) is 8.46. The van der Waals surface area contributed by atoms with Crippen LogP contribution in [0.3, 0.4) is 0 Å². The van der Waals surface area contributed by atoms with Gasteiger partial charge >= 0.3 is 11.9 Å². The van der Waals surface area contributed by atoms with Crippen LogP contribution < -0.4 is 5.32 Å². The largest absolute Gasteiger partial charge is 0.480 e. The predicted molar refractivity (Wildman–Crippen MR) is 91.2 cm³/mol. The van der Waals surface area contributed by atoms with Crippen LogP contribution in [0.5, 0.6) is 0 Å². The molecule has 1 aliphatic heterocycles. The number of carboxylic acid groups (broad SMARTS) is 2. The van der Waals surface area contributed by atoms with E-state index in [-0.39, 0.29) is 5.91 Å². The SMILES string of the molecule is CC(N[C@@H](CCc1ccccc1)C(=O)O)C(=O)N1CCC[C@H]1C(=O)O. The van der Waals surface area contributed by atoms with Crippen molar-refractivity contribution >= 4 is 17.8 Å². The quantitative estimate of drug-likeness (QED) is 0.650. The standard InChI is InChI=1S/C18H24N2O5/c1-12(16(21)20-11-5-8-15(20)18(24)25)19-14(17(22)23)10-9-13-6-3-2-4-7-13/h2-4,6-7,12,14-15,19H,5,8-11H2,1H3,(H,22,23)(H,24,25)/t12?,14-,15-/m0/s1. The second-order valence-electron chi connectivity index (χ2n) is 6.33. The molecule has 7 heteroatoms. The van der Waals surface area contributed by atoms with Crippen molar-refractivity contribution < 1.29 is 24.6 Å². The Morgan fingerprint density at radius 2 is 1.92 bits per heavy atom. The van der Waals surface area contributed by atoms with E-state index in [0.29, 0.717) is 32.2 Å². The van der Waals surface area contributed by atoms with Crippen molar-refractivity contribution in [2.75, 3.05) is 6.54 Å². The van der Waals surface area contributed by atoms with Gasteiger partial charge in [-0.05, 0) is 38.2 Å². The van der Waals surface area contributed by atoms with Crippen LogP contribution in [-0.4, -0.2) is 57.6 Å². The maximum Gasteiger partial charge on any atom is 0.326 e. The van der Waals surface area contributed by atoms with E-state index in [0.717, 1.165) is 5.56 Å². The molecular formula is C18H24N2O5. The van der Waals surface area contributed by atoms with Gasteiger partial charge in [-0.3, -0.25) is 14.9 Å². The number of aryl methyl sites for hydroxylation is 1. The van der Waals surface area contributed by atoms with Crippen LogP contribution in [0, 0.1) is 0 Å². The molecule has 3 atom stereocenters. The van der Waals surface area contributed by atoms with E-state index in [2.05, 4.69) is 5.32 Å². The molecule has 3 N–H and O–H groups in total. The predicted octanol–water partition coefficient (Wildman–Crippen LogP) is 1.13. The summed E-state index contributed by atoms with van der Waals surface area (Å²) >= 11 is 0. The van der Waals surface area contributed by atoms with Crippen molar-refractivity contribution in [3.63, 3.8) is 0 Å². The molecule has 136 valence electrons. The number of nitrogens with zero attached hydrogens (tertiary/aromatic N) is 1. The molecule has 0 aromatic heterocycles. The van der Waals surface area contributed by atoms with Crippen molar-refractivity contribution in [2.45, 2.75) is 50.7 Å². The second-order valence-corrected chi connectivity index (χ2v) is 6.33. The minimum Gasteiger partial charge on any atom is -0.480 e. The van der Waals surface area contributed by atoms with E-state index in [4.69, 9.17) is 0 Å². The zero-order valence-corrected chi connectivity index (χ0v) is 14.2. The molecule has 1 amide bonds. The highest BCUT2D eigenvalue weighted by atomic mass is 16.4. The lowest BCUT2D eigenvalue weighted by Gasteiger charge is -2.27. The molecule has 0 spiro atoms. The van der Waals surface area contributed by atoms with Crippen molar-refractivity contribution in [3.8, 4) is 0 Å². The molecule has 0 bridgehead atoms. The number of carboxylic acids is 2. The minimum absolute atomic E-state index is 0.347. The summed E-state index contributed by atoms with van der Waals surface area (Å²) in [5.74, 6) is -2.40. The summed E-state index contributed by atoms with van der Waals surface area (Å²) in [5.41, 5.74) is 1.03. The fraction of sp³-hybridized carbons (Fsp3) is 0.500. The number of likely N-dealkylation sites (tertiary alicyclic amines) is 1. The Labute approximate surface area is 146 Å². The van der Waals surface area contributed by atoms with Crippen LogP contribution in [0.15, 0.2) is 30.3 Å². The van der Waals surface area contributed by atoms with Gasteiger partial charge in [0.1, 0.15) is 12.1 Å². The zero-order valence-electron chi connectivity index (χ0n) is 14.2. The third-order valence-electron chi connectivity index (χ3n) is 4.51. The van der Waals surface area contributed by atoms with Gasteiger partial charge < -0.3 is 15.1 Å². The number of carbonyl (C=O) groups excluding carboxylic acids is 1. The van der Waals surface area contributed by atoms with Crippen molar-refractivity contribution in [3.05, 3.63) is 35.9 Å². The summed E-state index contributed by atoms with van der Waals surface area (Å²) in [6.07, 6.45) is 2.00. The molecule has 1 aliphatic rings. The highest BCUT2D eigenvalue weighted by molar-refractivity contribution is 5.88. The Morgan fingerprint density at radius 1 is 1.24 bits per heavy atom. The molecule has 1 heterocycles. The Bertz CT molecular complexity index is 619. The van der Waals surface area contributed by atoms with E-state index < -0.39 is 30.1 Å². The van der Waals surface area contributed by atoms with Gasteiger partial charge in [0.15, 0.2) is 0 Å². The Morgan fingerprint density at radius 3 is 2.52 bits per heavy atom. The normalized spacial score (nSPS) is 19.4. The molecule has 0 saturated carbocycles. The van der Waals surface area contributed by atoms with Gasteiger partial charge in [-0.2, -0.15) is 0 Å². The maximum atomic E-state index is 12.5. The van der Waals surface area contributed by atoms with E-state index in [9.17, 15) is 24.6 Å². The molecule has 1 fully saturated rings. The fourth-order valence-electron chi connectivity index (χ4n) is 3.14. The van der Waals surface area contributed by atoms with Crippen LogP contribution in [0.1, 0.15) is 31.7 Å². The number of hydrogen-bond acceptors (Lipinski definition) is 4. The van der Waals surface area contributed by atoms with Crippen LogP contribution in [0.2, 0.25) is 0 Å². The zero-order chi connectivity index (χ0) is 18.4. The molecule has 1 unspecified atom stereocenters. The lowest BCUT2D eigenvalue weighted by molar-refractivity contribution is -0.149. The van der Waals surface area contributed by atoms with Gasteiger partial charge in [0.05, 0.1) is 6.04 Å². The summed E-state index contributed by atoms with van der Waals surface area (Å²) in [4.78, 5) is 36.5. The van der Waals surface area contributed by atoms with Crippen molar-refractivity contribution in [1.29, 1.82) is 0 Å². The van der Waals surface area contributed by atoms with Crippen LogP contribution in [0.4, 0.5) is 0 Å². The number of carbonyl (C=O) groups is 3. The van der Waals surface area contributed by atoms with Crippen molar-refractivity contribution in [2.24, 2.45) is 0 Å². The van der Waals surface area contributed by atoms with Crippen LogP contribution in [0.25, 0.3) is 0 Å². The highest BCUT2D eigenvalue weighted by Crippen LogP contribution is 2.18. The number of hydrogen-bond donors (Lipinski definition) is 3. The van der Waals surface area contributed by atoms with E-state index in [1.165, 1.54) is 4.90 Å². The molecule has 7 nitrogen and oxygen atoms in total. The molecule has 0 radical (unpaired) electrons. The fourth-order valence-corrected chi connectivity index (χ4v) is 3.14. The number of rotatable bonds is 8. The molecule has 1 aromatic carbocycles. The molecule has 1 aromatic rings. The number of amides is 1. The van der Waals surface area contributed by atoms with Gasteiger partial charge in [-0.15, -0.1) is 0 Å². The number of aliphatic carboxylic acids is 2. The van der Waals surface area contributed by atoms with E-state index >= 15 is 0 Å². The first-order chi connectivity index (χ1) is 11.9. The molecule has 25 heavy (non-hydrogen) atoms. The highest BCUT2D eigenvalue weighted by Gasteiger charge is 2.36. The van der Waals surface area contributed by atoms with Gasteiger partial charge in [-0.1, -0.05) is 30.3 Å². The molecule has 0 aliphatic carbocycles. The van der Waals surface area contributed by atoms with Gasteiger partial charge in [-0.25, -0.2) is 4.79 Å². The van der Waals surface area contributed by atoms with Gasteiger partial charge in [0, 0.05) is 6.54 Å². The molecular weight excluding hydrogens is 324 g/mol. The van der Waals surface area contributed by atoms with Crippen LogP contribution in [-0.2, 0) is 20.8 Å². The first-order valence-electron chi connectivity index (χ1n) is 8.46. The van der Waals surface area contributed by atoms with Gasteiger partial charge in [0.25, 0.3) is 0 Å². The smallest absolute Gasteiger partial charge is 0.326 e. The first kappa shape index (κ1) is 18.9. The monoisotopic (exact) mass is 348 g/mol. The Hall–Kier alpha value is -2.41. The summed E-state index contributed by atoms with van der Waals surface area (Å²) in [6.45, 7) is 1.97. The van der Waals surface area contributed by atoms with Gasteiger partial charge in [0.2, 0.25) is 5.91 Å². The lowest BCUT2D eigenvalue weighted by Crippen LogP contribution is -2.53. The Kier molecular flexibility index (Phi) is 6.52. The summed E-state index contributed by atoms with van der Waals surface area (Å²) < 4.78 is 0. The Balaban J connectivity index is 1.95. The third-order valence-corrected chi connectivity index (χ3v) is 4.51. The van der Waals surface area contributed by atoms with Crippen molar-refractivity contribution in [1.82, 2.24) is 10.2 Å².